The molecule has 2 amide bonds. The highest BCUT2D eigenvalue weighted by Gasteiger charge is 2.26. The van der Waals surface area contributed by atoms with Crippen molar-refractivity contribution in [3.63, 3.8) is 0 Å². The first-order valence-electron chi connectivity index (χ1n) is 9.98. The van der Waals surface area contributed by atoms with Gasteiger partial charge in [-0.25, -0.2) is 9.97 Å². The summed E-state index contributed by atoms with van der Waals surface area (Å²) in [6.45, 7) is 2.39. The van der Waals surface area contributed by atoms with Crippen LogP contribution in [0.15, 0.2) is 43.0 Å². The van der Waals surface area contributed by atoms with Crippen LogP contribution in [0.4, 0.5) is 11.5 Å². The van der Waals surface area contributed by atoms with Crippen LogP contribution in [0.2, 0.25) is 5.02 Å². The van der Waals surface area contributed by atoms with Crippen LogP contribution in [0.1, 0.15) is 10.4 Å². The van der Waals surface area contributed by atoms with E-state index in [1.54, 1.807) is 40.4 Å². The quantitative estimate of drug-likeness (QED) is 0.651. The van der Waals surface area contributed by atoms with E-state index < -0.39 is 0 Å². The molecule has 0 aliphatic carbocycles. The van der Waals surface area contributed by atoms with Gasteiger partial charge in [0, 0.05) is 56.7 Å². The fraction of sp³-hybridized carbons (Fsp3) is 0.333. The molecule has 1 aliphatic heterocycles. The lowest BCUT2D eigenvalue weighted by Gasteiger charge is -2.35. The molecule has 0 unspecified atom stereocenters. The lowest BCUT2D eigenvalue weighted by Crippen LogP contribution is -2.52. The number of nitrogens with zero attached hydrogens (tertiary/aromatic N) is 6. The summed E-state index contributed by atoms with van der Waals surface area (Å²) >= 11 is 6.44. The smallest absolute Gasteiger partial charge is 0.255 e. The summed E-state index contributed by atoms with van der Waals surface area (Å²) in [7, 11) is 3.73. The summed E-state index contributed by atoms with van der Waals surface area (Å²) in [6.07, 6.45) is 7.03. The summed E-state index contributed by atoms with van der Waals surface area (Å²) in [5.74, 6) is 0.539. The Bertz CT molecular complexity index is 1110. The van der Waals surface area contributed by atoms with E-state index in [0.717, 1.165) is 0 Å². The molecule has 0 saturated carbocycles. The molecule has 1 fully saturated rings. The minimum Gasteiger partial charge on any atom is -0.338 e. The third-order valence-corrected chi connectivity index (χ3v) is 5.46. The number of benzene rings is 1. The Kier molecular flexibility index (Phi) is 6.06. The lowest BCUT2D eigenvalue weighted by atomic mass is 10.1. The third kappa shape index (κ3) is 4.62. The maximum atomic E-state index is 13.0. The Morgan fingerprint density at radius 1 is 1.06 bits per heavy atom. The Morgan fingerprint density at radius 3 is 2.42 bits per heavy atom. The van der Waals surface area contributed by atoms with E-state index in [1.165, 1.54) is 0 Å². The number of amides is 2. The van der Waals surface area contributed by atoms with Crippen LogP contribution in [0.3, 0.4) is 0 Å². The first-order valence-corrected chi connectivity index (χ1v) is 10.4. The van der Waals surface area contributed by atoms with Crippen molar-refractivity contribution in [1.82, 2.24) is 29.1 Å². The number of fused-ring (bicyclic) bond motifs is 1. The number of imidazole rings is 1. The Labute approximate surface area is 185 Å². The first kappa shape index (κ1) is 21.1. The highest BCUT2D eigenvalue weighted by molar-refractivity contribution is 6.34. The highest BCUT2D eigenvalue weighted by Crippen LogP contribution is 2.26. The highest BCUT2D eigenvalue weighted by atomic mass is 35.5. The van der Waals surface area contributed by atoms with Crippen molar-refractivity contribution in [2.45, 2.75) is 0 Å². The van der Waals surface area contributed by atoms with Gasteiger partial charge < -0.3 is 24.4 Å². The molecular formula is C21H24ClN7O2. The second-order valence-electron chi connectivity index (χ2n) is 7.66. The molecular weight excluding hydrogens is 418 g/mol. The predicted octanol–water partition coefficient (Wildman–Crippen LogP) is 1.97. The third-order valence-electron chi connectivity index (χ3n) is 5.14. The molecule has 0 spiro atoms. The van der Waals surface area contributed by atoms with Gasteiger partial charge in [0.1, 0.15) is 0 Å². The van der Waals surface area contributed by atoms with Crippen LogP contribution in [-0.2, 0) is 4.79 Å². The number of carbonyl (C=O) groups is 2. The first-order chi connectivity index (χ1) is 14.9. The molecule has 3 aromatic rings. The van der Waals surface area contributed by atoms with Gasteiger partial charge in [-0.2, -0.15) is 0 Å². The van der Waals surface area contributed by atoms with Crippen molar-refractivity contribution in [2.75, 3.05) is 52.1 Å². The van der Waals surface area contributed by atoms with Crippen LogP contribution < -0.4 is 5.32 Å². The molecule has 4 rings (SSSR count). The van der Waals surface area contributed by atoms with Crippen LogP contribution in [-0.4, -0.2) is 87.7 Å². The monoisotopic (exact) mass is 441 g/mol. The fourth-order valence-electron chi connectivity index (χ4n) is 3.55. The number of nitrogens with one attached hydrogen (secondary N) is 1. The molecule has 10 heteroatoms. The average Bonchev–Trinajstić information content (AvgIpc) is 3.23. The van der Waals surface area contributed by atoms with Crippen LogP contribution in [0, 0.1) is 0 Å². The molecule has 1 N–H and O–H groups in total. The number of rotatable bonds is 5. The van der Waals surface area contributed by atoms with Gasteiger partial charge in [0.15, 0.2) is 11.5 Å². The maximum Gasteiger partial charge on any atom is 0.255 e. The number of halogens is 1. The Morgan fingerprint density at radius 2 is 1.74 bits per heavy atom. The zero-order chi connectivity index (χ0) is 22.0. The Balaban J connectivity index is 1.42. The van der Waals surface area contributed by atoms with Crippen molar-refractivity contribution in [2.24, 2.45) is 0 Å². The molecule has 1 saturated heterocycles. The molecule has 1 aliphatic rings. The van der Waals surface area contributed by atoms with Crippen LogP contribution in [0.5, 0.6) is 0 Å². The minimum atomic E-state index is -0.134. The standard InChI is InChI=1S/C21H24ClN7O2/c1-26(2)14-18(30)27-9-11-29(12-10-27)21(31)16-4-3-15(13-17(16)22)25-19-20-24-6-8-28(20)7-5-23-19/h3-8,13H,9-12,14H2,1-2H3,(H,23,25). The molecule has 3 heterocycles. The molecule has 162 valence electrons. The molecule has 0 bridgehead atoms. The number of likely N-dealkylation sites (N-methyl/N-ethyl adjacent to an activating group) is 1. The number of piperazine rings is 1. The van der Waals surface area contributed by atoms with Crippen LogP contribution >= 0.6 is 11.6 Å². The van der Waals surface area contributed by atoms with Gasteiger partial charge >= 0.3 is 0 Å². The number of hydrogen-bond donors (Lipinski definition) is 1. The van der Waals surface area contributed by atoms with Crippen molar-refractivity contribution < 1.29 is 9.59 Å². The largest absolute Gasteiger partial charge is 0.338 e. The Hall–Kier alpha value is -3.17. The molecule has 0 radical (unpaired) electrons. The average molecular weight is 442 g/mol. The van der Waals surface area contributed by atoms with Gasteiger partial charge in [0.05, 0.1) is 17.1 Å². The van der Waals surface area contributed by atoms with Gasteiger partial charge in [0.2, 0.25) is 5.91 Å². The van der Waals surface area contributed by atoms with Gasteiger partial charge in [-0.3, -0.25) is 9.59 Å². The van der Waals surface area contributed by atoms with Crippen molar-refractivity contribution in [3.05, 3.63) is 53.6 Å². The molecule has 0 atom stereocenters. The van der Waals surface area contributed by atoms with Crippen molar-refractivity contribution >= 4 is 40.6 Å². The number of anilines is 2. The van der Waals surface area contributed by atoms with Gasteiger partial charge in [-0.1, -0.05) is 11.6 Å². The van der Waals surface area contributed by atoms with E-state index in [2.05, 4.69) is 15.3 Å². The zero-order valence-corrected chi connectivity index (χ0v) is 18.2. The van der Waals surface area contributed by atoms with E-state index in [1.807, 2.05) is 35.8 Å². The summed E-state index contributed by atoms with van der Waals surface area (Å²) < 4.78 is 1.86. The summed E-state index contributed by atoms with van der Waals surface area (Å²) in [5, 5.41) is 3.56. The van der Waals surface area contributed by atoms with E-state index in [9.17, 15) is 9.59 Å². The van der Waals surface area contributed by atoms with Gasteiger partial charge in [-0.05, 0) is 32.3 Å². The van der Waals surface area contributed by atoms with E-state index >= 15 is 0 Å². The minimum absolute atomic E-state index is 0.0756. The van der Waals surface area contributed by atoms with Gasteiger partial charge in [-0.15, -0.1) is 0 Å². The number of aromatic nitrogens is 3. The zero-order valence-electron chi connectivity index (χ0n) is 17.5. The lowest BCUT2D eigenvalue weighted by molar-refractivity contribution is -0.133. The molecule has 9 nitrogen and oxygen atoms in total. The summed E-state index contributed by atoms with van der Waals surface area (Å²) in [6, 6.07) is 5.21. The van der Waals surface area contributed by atoms with Gasteiger partial charge in [0.25, 0.3) is 5.91 Å². The maximum absolute atomic E-state index is 13.0. The second-order valence-corrected chi connectivity index (χ2v) is 8.07. The fourth-order valence-corrected chi connectivity index (χ4v) is 3.81. The van der Waals surface area contributed by atoms with E-state index in [0.29, 0.717) is 60.5 Å². The molecule has 1 aromatic carbocycles. The van der Waals surface area contributed by atoms with Crippen molar-refractivity contribution in [1.29, 1.82) is 0 Å². The van der Waals surface area contributed by atoms with E-state index in [-0.39, 0.29) is 11.8 Å². The number of hydrogen-bond acceptors (Lipinski definition) is 6. The summed E-state index contributed by atoms with van der Waals surface area (Å²) in [4.78, 5) is 39.2. The van der Waals surface area contributed by atoms with Crippen molar-refractivity contribution in [3.8, 4) is 0 Å². The topological polar surface area (TPSA) is 86.1 Å². The SMILES string of the molecule is CN(C)CC(=O)N1CCN(C(=O)c2ccc(Nc3nccn4ccnc34)cc2Cl)CC1. The summed E-state index contributed by atoms with van der Waals surface area (Å²) in [5.41, 5.74) is 1.84. The normalized spacial score (nSPS) is 14.3. The molecule has 31 heavy (non-hydrogen) atoms. The predicted molar refractivity (Wildman–Crippen MR) is 119 cm³/mol. The number of carbonyl (C=O) groups excluding carboxylic acids is 2. The van der Waals surface area contributed by atoms with E-state index in [4.69, 9.17) is 11.6 Å². The molecule has 2 aromatic heterocycles. The van der Waals surface area contributed by atoms with Crippen LogP contribution in [0.25, 0.3) is 5.65 Å². The second kappa shape index (κ2) is 8.91.